The molecule has 0 unspecified atom stereocenters. The van der Waals surface area contributed by atoms with Crippen LogP contribution in [0, 0.1) is 0 Å². The minimum atomic E-state index is -4.00. The average Bonchev–Trinajstić information content (AvgIpc) is 2.24. The van der Waals surface area contributed by atoms with E-state index >= 15 is 0 Å². The molecule has 0 aliphatic rings. The molecule has 0 aromatic heterocycles. The lowest BCUT2D eigenvalue weighted by molar-refractivity contribution is -0.110. The zero-order chi connectivity index (χ0) is 12.7. The number of hydrogen-bond donors (Lipinski definition) is 1. The number of aliphatic hydroxyl groups is 1. The first-order valence-electron chi connectivity index (χ1n) is 4.51. The molecule has 0 spiro atoms. The van der Waals surface area contributed by atoms with Crippen molar-refractivity contribution in [2.45, 2.75) is 26.9 Å². The molecule has 1 N–H and O–H groups in total. The van der Waals surface area contributed by atoms with E-state index in [-0.39, 0.29) is 6.92 Å². The molecule has 0 aliphatic heterocycles. The van der Waals surface area contributed by atoms with Crippen molar-refractivity contribution in [3.63, 3.8) is 0 Å². The second kappa shape index (κ2) is 15.4. The van der Waals surface area contributed by atoms with E-state index in [1.54, 1.807) is 0 Å². The summed E-state index contributed by atoms with van der Waals surface area (Å²) in [6.45, 7) is 4.19. The van der Waals surface area contributed by atoms with Crippen LogP contribution in [0.3, 0.4) is 0 Å². The van der Waals surface area contributed by atoms with Gasteiger partial charge in [-0.15, -0.1) is 0 Å². The molecule has 1 aromatic rings. The third-order valence-corrected chi connectivity index (χ3v) is 0.667. The maximum atomic E-state index is 10.4. The van der Waals surface area contributed by atoms with Crippen LogP contribution in [0.15, 0.2) is 36.4 Å². The van der Waals surface area contributed by atoms with E-state index in [1.165, 1.54) is 0 Å². The number of hydrogen-bond acceptors (Lipinski definition) is 1. The fourth-order valence-corrected chi connectivity index (χ4v) is 0.385. The van der Waals surface area contributed by atoms with E-state index in [4.69, 9.17) is 5.11 Å². The lowest BCUT2D eigenvalue weighted by atomic mass is 10.4. The van der Waals surface area contributed by atoms with Gasteiger partial charge in [0, 0.05) is 14.0 Å². The van der Waals surface area contributed by atoms with Crippen LogP contribution < -0.4 is 0 Å². The summed E-state index contributed by atoms with van der Waals surface area (Å²) in [4.78, 5) is 0. The maximum absolute atomic E-state index is 10.4. The molecule has 0 saturated heterocycles. The molecule has 0 saturated carbocycles. The van der Waals surface area contributed by atoms with Crippen LogP contribution in [-0.4, -0.2) is 18.4 Å². The minimum Gasteiger partial charge on any atom is -0.400 e. The van der Waals surface area contributed by atoms with Gasteiger partial charge in [-0.05, 0) is 0 Å². The van der Waals surface area contributed by atoms with Crippen LogP contribution in [0.2, 0.25) is 0 Å². The molecular weight excluding hydrogens is 205 g/mol. The van der Waals surface area contributed by atoms with Gasteiger partial charge in [0.1, 0.15) is 0 Å². The Balaban J connectivity index is -0.000000146. The van der Waals surface area contributed by atoms with E-state index in [9.17, 15) is 13.2 Å². The number of aliphatic hydroxyl groups excluding tert-OH is 1. The highest BCUT2D eigenvalue weighted by Gasteiger charge is 2.15. The van der Waals surface area contributed by atoms with Crippen LogP contribution in [0.1, 0.15) is 20.8 Å². The van der Waals surface area contributed by atoms with E-state index < -0.39 is 6.18 Å². The Hall–Kier alpha value is -1.03. The summed E-state index contributed by atoms with van der Waals surface area (Å²) in [5.41, 5.74) is 0. The van der Waals surface area contributed by atoms with Crippen molar-refractivity contribution >= 4 is 0 Å². The molecule has 0 bridgehead atoms. The number of rotatable bonds is 0. The highest BCUT2D eigenvalue weighted by Crippen LogP contribution is 2.10. The van der Waals surface area contributed by atoms with Gasteiger partial charge in [0.25, 0.3) is 0 Å². The number of halogens is 3. The van der Waals surface area contributed by atoms with Crippen molar-refractivity contribution in [2.75, 3.05) is 7.11 Å². The molecule has 0 radical (unpaired) electrons. The molecule has 0 aliphatic carbocycles. The lowest BCUT2D eigenvalue weighted by Crippen LogP contribution is -1.95. The van der Waals surface area contributed by atoms with Crippen LogP contribution in [-0.2, 0) is 0 Å². The first-order valence-corrected chi connectivity index (χ1v) is 4.51. The summed E-state index contributed by atoms with van der Waals surface area (Å²) in [5, 5.41) is 7.00. The average molecular weight is 224 g/mol. The van der Waals surface area contributed by atoms with Gasteiger partial charge >= 0.3 is 6.18 Å². The van der Waals surface area contributed by atoms with Crippen LogP contribution in [0.4, 0.5) is 13.2 Å². The van der Waals surface area contributed by atoms with Crippen molar-refractivity contribution in [3.05, 3.63) is 36.4 Å². The molecule has 1 aromatic carbocycles. The molecular formula is C11H19F3O. The van der Waals surface area contributed by atoms with Gasteiger partial charge in [0.2, 0.25) is 0 Å². The molecule has 1 rings (SSSR count). The topological polar surface area (TPSA) is 20.2 Å². The van der Waals surface area contributed by atoms with Gasteiger partial charge < -0.3 is 5.11 Å². The van der Waals surface area contributed by atoms with Gasteiger partial charge in [-0.3, -0.25) is 0 Å². The molecule has 0 heterocycles. The Bertz CT molecular complexity index is 140. The highest BCUT2D eigenvalue weighted by atomic mass is 19.4. The molecule has 1 nitrogen and oxygen atoms in total. The zero-order valence-corrected chi connectivity index (χ0v) is 9.55. The first kappa shape index (κ1) is 19.5. The Kier molecular flexibility index (Phi) is 20.1. The van der Waals surface area contributed by atoms with Gasteiger partial charge in [0.05, 0.1) is 0 Å². The summed E-state index contributed by atoms with van der Waals surface area (Å²) >= 11 is 0. The quantitative estimate of drug-likeness (QED) is 0.708. The van der Waals surface area contributed by atoms with Crippen LogP contribution in [0.5, 0.6) is 0 Å². The predicted octanol–water partition coefficient (Wildman–Crippen LogP) is 3.89. The van der Waals surface area contributed by atoms with Gasteiger partial charge in [0.15, 0.2) is 0 Å². The van der Waals surface area contributed by atoms with Crippen molar-refractivity contribution in [1.82, 2.24) is 0 Å². The fourth-order valence-electron chi connectivity index (χ4n) is 0.385. The summed E-state index contributed by atoms with van der Waals surface area (Å²) in [7, 11) is 1.00. The zero-order valence-electron chi connectivity index (χ0n) is 9.55. The van der Waals surface area contributed by atoms with Crippen molar-refractivity contribution in [1.29, 1.82) is 0 Å². The summed E-state index contributed by atoms with van der Waals surface area (Å²) < 4.78 is 31.1. The van der Waals surface area contributed by atoms with E-state index in [0.717, 1.165) is 7.11 Å². The van der Waals surface area contributed by atoms with E-state index in [0.29, 0.717) is 0 Å². The molecule has 90 valence electrons. The Labute approximate surface area is 89.6 Å². The summed E-state index contributed by atoms with van der Waals surface area (Å²) in [6.07, 6.45) is -4.00. The van der Waals surface area contributed by atoms with Gasteiger partial charge in [-0.2, -0.15) is 13.2 Å². The second-order valence-electron chi connectivity index (χ2n) is 1.94. The SMILES string of the molecule is CC.CC(F)(F)F.CO.c1ccccc1. The molecule has 0 amide bonds. The van der Waals surface area contributed by atoms with Gasteiger partial charge in [-0.1, -0.05) is 50.2 Å². The normalized spacial score (nSPS) is 8.00. The third-order valence-electron chi connectivity index (χ3n) is 0.667. The Morgan fingerprint density at radius 2 is 0.800 bits per heavy atom. The highest BCUT2D eigenvalue weighted by molar-refractivity contribution is 4.99. The van der Waals surface area contributed by atoms with Crippen molar-refractivity contribution in [3.8, 4) is 0 Å². The molecule has 0 atom stereocenters. The standard InChI is InChI=1S/C6H6.C2H3F3.C2H6.CH4O/c1-2-4-6-5-3-1;1-2(3,4)5;2*1-2/h1-6H;1H3;1-2H3;2H,1H3. The van der Waals surface area contributed by atoms with Crippen LogP contribution in [0.25, 0.3) is 0 Å². The number of benzene rings is 1. The fraction of sp³-hybridized carbons (Fsp3) is 0.455. The largest absolute Gasteiger partial charge is 0.400 e. The lowest BCUT2D eigenvalue weighted by Gasteiger charge is -1.88. The monoisotopic (exact) mass is 224 g/mol. The van der Waals surface area contributed by atoms with E-state index in [2.05, 4.69) is 0 Å². The van der Waals surface area contributed by atoms with Crippen molar-refractivity contribution in [2.24, 2.45) is 0 Å². The Morgan fingerprint density at radius 3 is 0.867 bits per heavy atom. The molecule has 15 heavy (non-hydrogen) atoms. The first-order chi connectivity index (χ1) is 7.00. The number of alkyl halides is 3. The third kappa shape index (κ3) is 63.2. The van der Waals surface area contributed by atoms with Crippen LogP contribution >= 0.6 is 0 Å². The summed E-state index contributed by atoms with van der Waals surface area (Å²) in [5.74, 6) is 0. The smallest absolute Gasteiger partial charge is 0.386 e. The predicted molar refractivity (Wildman–Crippen MR) is 57.7 cm³/mol. The maximum Gasteiger partial charge on any atom is 0.386 e. The minimum absolute atomic E-state index is 0.188. The van der Waals surface area contributed by atoms with E-state index in [1.807, 2.05) is 50.2 Å². The van der Waals surface area contributed by atoms with Gasteiger partial charge in [-0.25, -0.2) is 0 Å². The van der Waals surface area contributed by atoms with Crippen molar-refractivity contribution < 1.29 is 18.3 Å². The molecule has 0 fully saturated rings. The second-order valence-corrected chi connectivity index (χ2v) is 1.94. The Morgan fingerprint density at radius 1 is 0.733 bits per heavy atom. The molecule has 4 heteroatoms. The summed E-state index contributed by atoms with van der Waals surface area (Å²) in [6, 6.07) is 12.0.